The average Bonchev–Trinajstić information content (AvgIpc) is 2.28. The van der Waals surface area contributed by atoms with Crippen LogP contribution in [0.1, 0.15) is 39.5 Å². The lowest BCUT2D eigenvalue weighted by atomic mass is 9.99. The standard InChI is InChI=1S/C12H23NO2/c1-4-10(2)9-13-8-6-5-7-11(13)12(14)15-3/h10-11H,4-9H2,1-3H3. The van der Waals surface area contributed by atoms with E-state index in [0.29, 0.717) is 5.92 Å². The maximum Gasteiger partial charge on any atom is 0.323 e. The maximum absolute atomic E-state index is 11.6. The summed E-state index contributed by atoms with van der Waals surface area (Å²) in [5, 5.41) is 0. The Labute approximate surface area is 92.8 Å². The number of rotatable bonds is 4. The van der Waals surface area contributed by atoms with Crippen molar-refractivity contribution in [3.63, 3.8) is 0 Å². The molecular weight excluding hydrogens is 190 g/mol. The van der Waals surface area contributed by atoms with Crippen molar-refractivity contribution in [1.29, 1.82) is 0 Å². The fourth-order valence-corrected chi connectivity index (χ4v) is 2.14. The third-order valence-electron chi connectivity index (χ3n) is 3.33. The number of methoxy groups -OCH3 is 1. The van der Waals surface area contributed by atoms with Crippen LogP contribution in [0.25, 0.3) is 0 Å². The highest BCUT2D eigenvalue weighted by molar-refractivity contribution is 5.75. The minimum atomic E-state index is -0.0574. The molecule has 0 aromatic carbocycles. The van der Waals surface area contributed by atoms with Crippen molar-refractivity contribution in [2.45, 2.75) is 45.6 Å². The number of esters is 1. The summed E-state index contributed by atoms with van der Waals surface area (Å²) < 4.78 is 4.85. The molecule has 15 heavy (non-hydrogen) atoms. The molecule has 0 amide bonds. The Bertz CT molecular complexity index is 206. The van der Waals surface area contributed by atoms with E-state index in [4.69, 9.17) is 4.74 Å². The number of ether oxygens (including phenoxy) is 1. The molecule has 88 valence electrons. The molecule has 0 N–H and O–H groups in total. The molecule has 0 aromatic rings. The molecule has 1 fully saturated rings. The van der Waals surface area contributed by atoms with Crippen LogP contribution in [0.5, 0.6) is 0 Å². The van der Waals surface area contributed by atoms with Gasteiger partial charge in [-0.15, -0.1) is 0 Å². The first-order valence-corrected chi connectivity index (χ1v) is 6.01. The Hall–Kier alpha value is -0.570. The molecule has 0 bridgehead atoms. The maximum atomic E-state index is 11.6. The lowest BCUT2D eigenvalue weighted by Crippen LogP contribution is -2.46. The first kappa shape index (κ1) is 12.5. The van der Waals surface area contributed by atoms with E-state index in [1.807, 2.05) is 0 Å². The topological polar surface area (TPSA) is 29.5 Å². The first-order chi connectivity index (χ1) is 7.19. The van der Waals surface area contributed by atoms with Crippen LogP contribution >= 0.6 is 0 Å². The summed E-state index contributed by atoms with van der Waals surface area (Å²) >= 11 is 0. The molecule has 0 aliphatic carbocycles. The van der Waals surface area contributed by atoms with Gasteiger partial charge in [-0.1, -0.05) is 26.7 Å². The van der Waals surface area contributed by atoms with Gasteiger partial charge in [0.2, 0.25) is 0 Å². The lowest BCUT2D eigenvalue weighted by Gasteiger charge is -2.35. The van der Waals surface area contributed by atoms with E-state index in [0.717, 1.165) is 25.9 Å². The molecule has 3 nitrogen and oxygen atoms in total. The Morgan fingerprint density at radius 2 is 2.27 bits per heavy atom. The molecule has 2 atom stereocenters. The van der Waals surface area contributed by atoms with Gasteiger partial charge >= 0.3 is 5.97 Å². The molecule has 1 heterocycles. The molecule has 0 spiro atoms. The Morgan fingerprint density at radius 3 is 2.87 bits per heavy atom. The molecule has 0 radical (unpaired) electrons. The van der Waals surface area contributed by atoms with Gasteiger partial charge in [-0.2, -0.15) is 0 Å². The molecule has 2 unspecified atom stereocenters. The molecule has 3 heteroatoms. The number of likely N-dealkylation sites (tertiary alicyclic amines) is 1. The minimum absolute atomic E-state index is 0.0118. The monoisotopic (exact) mass is 213 g/mol. The fourth-order valence-electron chi connectivity index (χ4n) is 2.14. The van der Waals surface area contributed by atoms with Gasteiger partial charge in [0.05, 0.1) is 7.11 Å². The van der Waals surface area contributed by atoms with Gasteiger partial charge in [-0.05, 0) is 25.3 Å². The predicted octanol–water partition coefficient (Wildman–Crippen LogP) is 2.06. The Balaban J connectivity index is 2.53. The average molecular weight is 213 g/mol. The second-order valence-electron chi connectivity index (χ2n) is 4.54. The van der Waals surface area contributed by atoms with Crippen LogP contribution in [0.3, 0.4) is 0 Å². The highest BCUT2D eigenvalue weighted by atomic mass is 16.5. The van der Waals surface area contributed by atoms with Crippen molar-refractivity contribution in [3.8, 4) is 0 Å². The summed E-state index contributed by atoms with van der Waals surface area (Å²) in [7, 11) is 1.48. The molecule has 1 saturated heterocycles. The van der Waals surface area contributed by atoms with Crippen molar-refractivity contribution < 1.29 is 9.53 Å². The van der Waals surface area contributed by atoms with Crippen LogP contribution in [-0.4, -0.2) is 37.1 Å². The Kier molecular flexibility index (Phi) is 5.09. The SMILES string of the molecule is CCC(C)CN1CCCCC1C(=O)OC. The second-order valence-corrected chi connectivity index (χ2v) is 4.54. The summed E-state index contributed by atoms with van der Waals surface area (Å²) in [6, 6.07) is 0.0118. The summed E-state index contributed by atoms with van der Waals surface area (Å²) in [6.45, 7) is 6.51. The summed E-state index contributed by atoms with van der Waals surface area (Å²) in [5.41, 5.74) is 0. The smallest absolute Gasteiger partial charge is 0.323 e. The van der Waals surface area contributed by atoms with E-state index in [-0.39, 0.29) is 12.0 Å². The molecule has 0 aromatic heterocycles. The number of piperidine rings is 1. The Morgan fingerprint density at radius 1 is 1.53 bits per heavy atom. The van der Waals surface area contributed by atoms with Crippen molar-refractivity contribution >= 4 is 5.97 Å². The molecular formula is C12H23NO2. The zero-order valence-electron chi connectivity index (χ0n) is 10.2. The van der Waals surface area contributed by atoms with E-state index >= 15 is 0 Å². The molecule has 1 aliphatic heterocycles. The van der Waals surface area contributed by atoms with E-state index < -0.39 is 0 Å². The number of carbonyl (C=O) groups is 1. The summed E-state index contributed by atoms with van der Waals surface area (Å²) in [6.07, 6.45) is 4.49. The largest absolute Gasteiger partial charge is 0.468 e. The number of nitrogens with zero attached hydrogens (tertiary/aromatic N) is 1. The van der Waals surface area contributed by atoms with Gasteiger partial charge in [-0.3, -0.25) is 9.69 Å². The highest BCUT2D eigenvalue weighted by Gasteiger charge is 2.29. The van der Waals surface area contributed by atoms with E-state index in [2.05, 4.69) is 18.7 Å². The van der Waals surface area contributed by atoms with Gasteiger partial charge in [0, 0.05) is 6.54 Å². The quantitative estimate of drug-likeness (QED) is 0.669. The van der Waals surface area contributed by atoms with Gasteiger partial charge in [0.25, 0.3) is 0 Å². The van der Waals surface area contributed by atoms with Crippen LogP contribution in [0.2, 0.25) is 0 Å². The van der Waals surface area contributed by atoms with Crippen LogP contribution in [0.4, 0.5) is 0 Å². The van der Waals surface area contributed by atoms with E-state index in [9.17, 15) is 4.79 Å². The minimum Gasteiger partial charge on any atom is -0.468 e. The zero-order chi connectivity index (χ0) is 11.3. The van der Waals surface area contributed by atoms with E-state index in [1.165, 1.54) is 20.0 Å². The summed E-state index contributed by atoms with van der Waals surface area (Å²) in [5.74, 6) is 0.605. The van der Waals surface area contributed by atoms with Crippen LogP contribution < -0.4 is 0 Å². The zero-order valence-corrected chi connectivity index (χ0v) is 10.2. The van der Waals surface area contributed by atoms with Crippen LogP contribution in [-0.2, 0) is 9.53 Å². The van der Waals surface area contributed by atoms with Gasteiger partial charge in [0.15, 0.2) is 0 Å². The lowest BCUT2D eigenvalue weighted by molar-refractivity contribution is -0.148. The number of hydrogen-bond acceptors (Lipinski definition) is 3. The van der Waals surface area contributed by atoms with Crippen LogP contribution in [0.15, 0.2) is 0 Å². The molecule has 0 saturated carbocycles. The molecule has 1 aliphatic rings. The van der Waals surface area contributed by atoms with Crippen molar-refractivity contribution in [2.75, 3.05) is 20.2 Å². The second kappa shape index (κ2) is 6.11. The number of carbonyl (C=O) groups excluding carboxylic acids is 1. The van der Waals surface area contributed by atoms with Crippen molar-refractivity contribution in [2.24, 2.45) is 5.92 Å². The van der Waals surface area contributed by atoms with Crippen LogP contribution in [0, 0.1) is 5.92 Å². The fraction of sp³-hybridized carbons (Fsp3) is 0.917. The van der Waals surface area contributed by atoms with Crippen molar-refractivity contribution in [1.82, 2.24) is 4.90 Å². The van der Waals surface area contributed by atoms with Gasteiger partial charge in [0.1, 0.15) is 6.04 Å². The summed E-state index contributed by atoms with van der Waals surface area (Å²) in [4.78, 5) is 13.9. The predicted molar refractivity (Wildman–Crippen MR) is 60.7 cm³/mol. The molecule has 1 rings (SSSR count). The highest BCUT2D eigenvalue weighted by Crippen LogP contribution is 2.20. The van der Waals surface area contributed by atoms with E-state index in [1.54, 1.807) is 0 Å². The van der Waals surface area contributed by atoms with Crippen molar-refractivity contribution in [3.05, 3.63) is 0 Å². The third-order valence-corrected chi connectivity index (χ3v) is 3.33. The normalized spacial score (nSPS) is 24.9. The van der Waals surface area contributed by atoms with Gasteiger partial charge in [-0.25, -0.2) is 0 Å². The third kappa shape index (κ3) is 3.49. The number of hydrogen-bond donors (Lipinski definition) is 0. The first-order valence-electron chi connectivity index (χ1n) is 6.01. The van der Waals surface area contributed by atoms with Gasteiger partial charge < -0.3 is 4.74 Å².